The largest absolute Gasteiger partial charge is 0.497 e. The third-order valence-electron chi connectivity index (χ3n) is 2.34. The Morgan fingerprint density at radius 2 is 2.29 bits per heavy atom. The van der Waals surface area contributed by atoms with Gasteiger partial charge in [0.15, 0.2) is 0 Å². The lowest BCUT2D eigenvalue weighted by Gasteiger charge is -2.05. The van der Waals surface area contributed by atoms with E-state index in [4.69, 9.17) is 9.84 Å². The van der Waals surface area contributed by atoms with Crippen LogP contribution in [0.3, 0.4) is 0 Å². The summed E-state index contributed by atoms with van der Waals surface area (Å²) in [6.45, 7) is -0.404. The van der Waals surface area contributed by atoms with Crippen molar-refractivity contribution in [2.45, 2.75) is 6.54 Å². The molecule has 0 aliphatic rings. The molecule has 2 rings (SSSR count). The maximum absolute atomic E-state index is 11.9. The minimum atomic E-state index is -1.09. The van der Waals surface area contributed by atoms with Crippen molar-refractivity contribution in [2.75, 3.05) is 7.11 Å². The Hall–Kier alpha value is -2.37. The molecule has 0 aliphatic carbocycles. The van der Waals surface area contributed by atoms with E-state index in [-0.39, 0.29) is 0 Å². The van der Waals surface area contributed by atoms with Crippen molar-refractivity contribution >= 4 is 16.9 Å². The Kier molecular flexibility index (Phi) is 2.78. The zero-order valence-corrected chi connectivity index (χ0v) is 9.08. The molecule has 88 valence electrons. The smallest absolute Gasteiger partial charge is 0.323 e. The molecule has 1 aromatic heterocycles. The molecule has 1 aromatic carbocycles. The molecule has 0 fully saturated rings. The van der Waals surface area contributed by atoms with Crippen LogP contribution in [0.1, 0.15) is 0 Å². The van der Waals surface area contributed by atoms with Gasteiger partial charge in [-0.2, -0.15) is 0 Å². The van der Waals surface area contributed by atoms with Crippen LogP contribution in [0, 0.1) is 0 Å². The molecule has 0 bridgehead atoms. The highest BCUT2D eigenvalue weighted by Crippen LogP contribution is 2.15. The first-order valence-corrected chi connectivity index (χ1v) is 4.87. The zero-order valence-electron chi connectivity index (χ0n) is 9.08. The molecule has 0 spiro atoms. The maximum Gasteiger partial charge on any atom is 0.323 e. The topological polar surface area (TPSA) is 81.4 Å². The van der Waals surface area contributed by atoms with Crippen molar-refractivity contribution in [3.05, 3.63) is 34.9 Å². The van der Waals surface area contributed by atoms with Crippen molar-refractivity contribution in [3.8, 4) is 5.75 Å². The summed E-state index contributed by atoms with van der Waals surface area (Å²) in [5.74, 6) is -0.555. The van der Waals surface area contributed by atoms with E-state index in [2.05, 4.69) is 4.98 Å². The molecule has 1 N–H and O–H groups in total. The number of hydrogen-bond donors (Lipinski definition) is 1. The van der Waals surface area contributed by atoms with E-state index in [0.29, 0.717) is 16.7 Å². The molecule has 0 atom stereocenters. The third-order valence-corrected chi connectivity index (χ3v) is 2.34. The predicted molar refractivity (Wildman–Crippen MR) is 60.2 cm³/mol. The van der Waals surface area contributed by atoms with Gasteiger partial charge in [-0.3, -0.25) is 14.2 Å². The van der Waals surface area contributed by atoms with Crippen LogP contribution in [0.2, 0.25) is 0 Å². The second-order valence-corrected chi connectivity index (χ2v) is 3.45. The first kappa shape index (κ1) is 11.1. The highest BCUT2D eigenvalue weighted by molar-refractivity contribution is 5.79. The van der Waals surface area contributed by atoms with Gasteiger partial charge in [0.1, 0.15) is 12.3 Å². The molecule has 0 saturated heterocycles. The Labute approximate surface area is 96.1 Å². The second-order valence-electron chi connectivity index (χ2n) is 3.45. The number of aliphatic carboxylic acids is 1. The summed E-state index contributed by atoms with van der Waals surface area (Å²) < 4.78 is 6.05. The van der Waals surface area contributed by atoms with Gasteiger partial charge in [0, 0.05) is 0 Å². The number of aromatic nitrogens is 2. The average Bonchev–Trinajstić information content (AvgIpc) is 2.32. The molecular formula is C11H10N2O4. The summed E-state index contributed by atoms with van der Waals surface area (Å²) in [5.41, 5.74) is 0.119. The molecule has 0 aliphatic heterocycles. The molecule has 0 radical (unpaired) electrons. The standard InChI is InChI=1S/C11H10N2O4/c1-17-7-2-3-9-8(4-7)11(16)13(6-12-9)5-10(14)15/h2-4,6H,5H2,1H3,(H,14,15). The SMILES string of the molecule is COc1ccc2ncn(CC(=O)O)c(=O)c2c1. The summed E-state index contributed by atoms with van der Waals surface area (Å²) in [5, 5.41) is 8.99. The van der Waals surface area contributed by atoms with Gasteiger partial charge in [0.25, 0.3) is 5.56 Å². The van der Waals surface area contributed by atoms with Gasteiger partial charge in [-0.15, -0.1) is 0 Å². The van der Waals surface area contributed by atoms with Gasteiger partial charge < -0.3 is 9.84 Å². The summed E-state index contributed by atoms with van der Waals surface area (Å²) in [7, 11) is 1.49. The predicted octanol–water partition coefficient (Wildman–Crippen LogP) is 0.490. The normalized spacial score (nSPS) is 10.4. The molecular weight excluding hydrogens is 224 g/mol. The highest BCUT2D eigenvalue weighted by atomic mass is 16.5. The highest BCUT2D eigenvalue weighted by Gasteiger charge is 2.07. The van der Waals surface area contributed by atoms with Gasteiger partial charge in [-0.25, -0.2) is 4.98 Å². The fourth-order valence-corrected chi connectivity index (χ4v) is 1.52. The number of carboxylic acids is 1. The number of carbonyl (C=O) groups is 1. The van der Waals surface area contributed by atoms with Crippen molar-refractivity contribution in [1.29, 1.82) is 0 Å². The van der Waals surface area contributed by atoms with Gasteiger partial charge in [0.2, 0.25) is 0 Å². The van der Waals surface area contributed by atoms with Crippen LogP contribution in [0.5, 0.6) is 5.75 Å². The minimum absolute atomic E-state index is 0.341. The summed E-state index contributed by atoms with van der Waals surface area (Å²) >= 11 is 0. The van der Waals surface area contributed by atoms with Crippen molar-refractivity contribution in [2.24, 2.45) is 0 Å². The van der Waals surface area contributed by atoms with Crippen molar-refractivity contribution in [1.82, 2.24) is 9.55 Å². The molecule has 6 nitrogen and oxygen atoms in total. The first-order valence-electron chi connectivity index (χ1n) is 4.87. The molecule has 6 heteroatoms. The second kappa shape index (κ2) is 4.25. The van der Waals surface area contributed by atoms with E-state index < -0.39 is 18.1 Å². The number of nitrogens with zero attached hydrogens (tertiary/aromatic N) is 2. The van der Waals surface area contributed by atoms with E-state index >= 15 is 0 Å². The van der Waals surface area contributed by atoms with Gasteiger partial charge in [-0.1, -0.05) is 0 Å². The lowest BCUT2D eigenvalue weighted by atomic mass is 10.2. The van der Waals surface area contributed by atoms with Crippen LogP contribution in [-0.4, -0.2) is 27.7 Å². The Bertz CT molecular complexity index is 633. The van der Waals surface area contributed by atoms with Crippen molar-refractivity contribution in [3.63, 3.8) is 0 Å². The number of fused-ring (bicyclic) bond motifs is 1. The van der Waals surface area contributed by atoms with E-state index in [9.17, 15) is 9.59 Å². The number of benzene rings is 1. The minimum Gasteiger partial charge on any atom is -0.497 e. The number of rotatable bonds is 3. The number of carboxylic acid groups (broad SMARTS) is 1. The molecule has 17 heavy (non-hydrogen) atoms. The third kappa shape index (κ3) is 2.10. The monoisotopic (exact) mass is 234 g/mol. The van der Waals surface area contributed by atoms with Gasteiger partial charge in [-0.05, 0) is 18.2 Å². The van der Waals surface area contributed by atoms with Crippen LogP contribution in [0.15, 0.2) is 29.3 Å². The Morgan fingerprint density at radius 3 is 2.94 bits per heavy atom. The van der Waals surface area contributed by atoms with Crippen LogP contribution in [-0.2, 0) is 11.3 Å². The van der Waals surface area contributed by atoms with E-state index in [1.807, 2.05) is 0 Å². The molecule has 0 saturated carbocycles. The zero-order chi connectivity index (χ0) is 12.4. The fraction of sp³-hybridized carbons (Fsp3) is 0.182. The first-order chi connectivity index (χ1) is 8.11. The summed E-state index contributed by atoms with van der Waals surface area (Å²) in [4.78, 5) is 26.5. The Morgan fingerprint density at radius 1 is 1.53 bits per heavy atom. The lowest BCUT2D eigenvalue weighted by Crippen LogP contribution is -2.24. The number of methoxy groups -OCH3 is 1. The van der Waals surface area contributed by atoms with Crippen LogP contribution in [0.4, 0.5) is 0 Å². The van der Waals surface area contributed by atoms with E-state index in [1.54, 1.807) is 18.2 Å². The molecule has 2 aromatic rings. The molecule has 0 unspecified atom stereocenters. The fourth-order valence-electron chi connectivity index (χ4n) is 1.52. The number of ether oxygens (including phenoxy) is 1. The van der Waals surface area contributed by atoms with Gasteiger partial charge >= 0.3 is 5.97 Å². The van der Waals surface area contributed by atoms with Crippen molar-refractivity contribution < 1.29 is 14.6 Å². The summed E-state index contributed by atoms with van der Waals surface area (Å²) in [6, 6.07) is 4.89. The van der Waals surface area contributed by atoms with Crippen LogP contribution in [0.25, 0.3) is 10.9 Å². The van der Waals surface area contributed by atoms with Crippen LogP contribution >= 0.6 is 0 Å². The molecule has 0 amide bonds. The lowest BCUT2D eigenvalue weighted by molar-refractivity contribution is -0.137. The van der Waals surface area contributed by atoms with E-state index in [0.717, 1.165) is 4.57 Å². The summed E-state index contributed by atoms with van der Waals surface area (Å²) in [6.07, 6.45) is 1.23. The maximum atomic E-state index is 11.9. The van der Waals surface area contributed by atoms with Crippen LogP contribution < -0.4 is 10.3 Å². The molecule has 1 heterocycles. The Balaban J connectivity index is 2.64. The quantitative estimate of drug-likeness (QED) is 0.835. The number of hydrogen-bond acceptors (Lipinski definition) is 4. The van der Waals surface area contributed by atoms with Gasteiger partial charge in [0.05, 0.1) is 24.3 Å². The van der Waals surface area contributed by atoms with E-state index in [1.165, 1.54) is 13.4 Å². The average molecular weight is 234 g/mol.